The summed E-state index contributed by atoms with van der Waals surface area (Å²) in [4.78, 5) is 30.3. The highest BCUT2D eigenvalue weighted by Crippen LogP contribution is 2.29. The van der Waals surface area contributed by atoms with E-state index in [4.69, 9.17) is 36.5 Å². The van der Waals surface area contributed by atoms with Gasteiger partial charge in [-0.3, -0.25) is 4.79 Å². The van der Waals surface area contributed by atoms with E-state index in [0.717, 1.165) is 11.1 Å². The molecule has 1 saturated heterocycles. The zero-order chi connectivity index (χ0) is 30.6. The lowest BCUT2D eigenvalue weighted by atomic mass is 9.90. The maximum atomic E-state index is 12.6. The molecule has 13 heteroatoms. The number of benzene rings is 3. The Morgan fingerprint density at radius 1 is 1.00 bits per heavy atom. The summed E-state index contributed by atoms with van der Waals surface area (Å²) in [5.41, 5.74) is 6.63. The first-order valence-corrected chi connectivity index (χ1v) is 13.8. The van der Waals surface area contributed by atoms with Crippen molar-refractivity contribution in [3.63, 3.8) is 0 Å². The van der Waals surface area contributed by atoms with Crippen molar-refractivity contribution >= 4 is 29.5 Å². The van der Waals surface area contributed by atoms with Crippen LogP contribution in [-0.2, 0) is 17.8 Å². The van der Waals surface area contributed by atoms with Crippen LogP contribution < -0.4 is 15.2 Å². The van der Waals surface area contributed by atoms with Gasteiger partial charge in [-0.25, -0.2) is 4.79 Å². The Labute approximate surface area is 252 Å². The number of carboxylic acids is 1. The molecule has 1 amide bonds. The molecule has 0 radical (unpaired) electrons. The van der Waals surface area contributed by atoms with Gasteiger partial charge in [-0.2, -0.15) is 4.98 Å². The van der Waals surface area contributed by atoms with Gasteiger partial charge in [0.25, 0.3) is 5.89 Å². The Balaban J connectivity index is 0.000000641. The van der Waals surface area contributed by atoms with Crippen LogP contribution in [0.25, 0.3) is 11.5 Å². The van der Waals surface area contributed by atoms with E-state index >= 15 is 0 Å². The number of alkyl halides is 1. The predicted octanol–water partition coefficient (Wildman–Crippen LogP) is 4.66. The molecule has 1 fully saturated rings. The second kappa shape index (κ2) is 15.2. The quantitative estimate of drug-likeness (QED) is 0.0798. The number of ether oxygens (including phenoxy) is 2. The van der Waals surface area contributed by atoms with Gasteiger partial charge in [0.15, 0.2) is 12.4 Å². The molecule has 43 heavy (non-hydrogen) atoms. The van der Waals surface area contributed by atoms with E-state index in [9.17, 15) is 14.7 Å². The first kappa shape index (κ1) is 30.8. The first-order valence-electron chi connectivity index (χ1n) is 13.2. The summed E-state index contributed by atoms with van der Waals surface area (Å²) in [5.74, 6) is 0.212. The Morgan fingerprint density at radius 2 is 1.67 bits per heavy atom. The number of rotatable bonds is 9. The van der Waals surface area contributed by atoms with Crippen molar-refractivity contribution in [3.05, 3.63) is 96.3 Å². The van der Waals surface area contributed by atoms with E-state index in [2.05, 4.69) is 15.3 Å². The molecule has 4 aromatic rings. The number of nitrogens with two attached hydrogens (primary N) is 1. The molecule has 1 aromatic heterocycles. The van der Waals surface area contributed by atoms with Crippen LogP contribution in [0.2, 0.25) is 0 Å². The number of carbonyl (C=O) groups excluding carboxylic acids is 1. The standard InChI is InChI=1S/C28H25N3O6.C2H5ClN2O/c32-27(33)24-17-31(28(34)36-23-9-5-2-6-10-23)16-21(24)15-19-11-13-22(14-12-19)35-18-25-29-26(37-30-25)20-7-3-1-4-8-20;3-1-2(4)5-6/h1-14,21,24H,15-18H2,(H,32,33);6H,1H2,(H2,4,5)/t21-,24+;/m1./s1. The third-order valence-corrected chi connectivity index (χ3v) is 6.78. The molecule has 3 aromatic carbocycles. The molecule has 224 valence electrons. The molecule has 0 unspecified atom stereocenters. The van der Waals surface area contributed by atoms with Crippen molar-refractivity contribution in [2.45, 2.75) is 13.0 Å². The largest absolute Gasteiger partial charge is 0.485 e. The van der Waals surface area contributed by atoms with Crippen LogP contribution in [0.3, 0.4) is 0 Å². The molecular weight excluding hydrogens is 578 g/mol. The fourth-order valence-electron chi connectivity index (χ4n) is 4.37. The van der Waals surface area contributed by atoms with E-state index in [0.29, 0.717) is 36.2 Å². The minimum atomic E-state index is -0.921. The highest BCUT2D eigenvalue weighted by atomic mass is 35.5. The van der Waals surface area contributed by atoms with Crippen molar-refractivity contribution in [2.24, 2.45) is 22.7 Å². The van der Waals surface area contributed by atoms with Crippen molar-refractivity contribution in [3.8, 4) is 23.0 Å². The lowest BCUT2D eigenvalue weighted by Gasteiger charge is -2.16. The third kappa shape index (κ3) is 8.94. The molecule has 1 aliphatic rings. The van der Waals surface area contributed by atoms with Gasteiger partial charge in [0.1, 0.15) is 11.5 Å². The molecule has 0 spiro atoms. The number of oxime groups is 1. The molecule has 5 rings (SSSR count). The molecule has 2 atom stereocenters. The maximum Gasteiger partial charge on any atom is 0.415 e. The van der Waals surface area contributed by atoms with E-state index in [1.165, 1.54) is 4.90 Å². The van der Waals surface area contributed by atoms with Gasteiger partial charge >= 0.3 is 12.1 Å². The lowest BCUT2D eigenvalue weighted by Crippen LogP contribution is -2.32. The number of amidine groups is 1. The van der Waals surface area contributed by atoms with Gasteiger partial charge < -0.3 is 34.9 Å². The molecule has 0 bridgehead atoms. The monoisotopic (exact) mass is 607 g/mol. The molecule has 4 N–H and O–H groups in total. The minimum absolute atomic E-state index is 0.0386. The zero-order valence-corrected chi connectivity index (χ0v) is 23.7. The van der Waals surface area contributed by atoms with Gasteiger partial charge in [0.2, 0.25) is 5.82 Å². The highest BCUT2D eigenvalue weighted by molar-refractivity contribution is 6.27. The number of carboxylic acid groups (broad SMARTS) is 1. The van der Waals surface area contributed by atoms with Crippen LogP contribution in [0.5, 0.6) is 11.5 Å². The summed E-state index contributed by atoms with van der Waals surface area (Å²) in [5, 5.41) is 24.0. The Hall–Kier alpha value is -5.10. The second-order valence-electron chi connectivity index (χ2n) is 9.53. The Kier molecular flexibility index (Phi) is 10.9. The van der Waals surface area contributed by atoms with Crippen LogP contribution in [0.1, 0.15) is 11.4 Å². The smallest absolute Gasteiger partial charge is 0.415 e. The summed E-state index contributed by atoms with van der Waals surface area (Å²) in [6, 6.07) is 25.7. The molecular formula is C30H30ClN5O7. The van der Waals surface area contributed by atoms with Crippen molar-refractivity contribution in [1.82, 2.24) is 15.0 Å². The molecule has 0 saturated carbocycles. The first-order chi connectivity index (χ1) is 20.9. The average molecular weight is 608 g/mol. The number of hydrogen-bond donors (Lipinski definition) is 3. The van der Waals surface area contributed by atoms with Gasteiger partial charge in [-0.05, 0) is 54.3 Å². The summed E-state index contributed by atoms with van der Waals surface area (Å²) in [6.45, 7) is 0.572. The van der Waals surface area contributed by atoms with E-state index in [-0.39, 0.29) is 30.8 Å². The molecule has 1 aliphatic heterocycles. The van der Waals surface area contributed by atoms with Crippen LogP contribution >= 0.6 is 11.6 Å². The number of hydrogen-bond acceptors (Lipinski definition) is 9. The SMILES string of the molecule is N/C(CCl)=N\O.O=C(O)[C@H]1CN(C(=O)Oc2ccccc2)C[C@H]1Cc1ccc(OCc2noc(-c3ccccc3)n2)cc1. The van der Waals surface area contributed by atoms with Crippen LogP contribution in [0, 0.1) is 11.8 Å². The van der Waals surface area contributed by atoms with Crippen molar-refractivity contribution in [1.29, 1.82) is 0 Å². The summed E-state index contributed by atoms with van der Waals surface area (Å²) in [6.07, 6.45) is -0.0296. The number of carbonyl (C=O) groups is 2. The number of halogens is 1. The Bertz CT molecular complexity index is 1500. The average Bonchev–Trinajstić information content (AvgIpc) is 3.69. The van der Waals surface area contributed by atoms with Crippen LogP contribution in [0.15, 0.2) is 94.6 Å². The van der Waals surface area contributed by atoms with Gasteiger partial charge in [-0.15, -0.1) is 11.6 Å². The normalized spacial score (nSPS) is 16.2. The lowest BCUT2D eigenvalue weighted by molar-refractivity contribution is -0.142. The predicted molar refractivity (Wildman–Crippen MR) is 157 cm³/mol. The zero-order valence-electron chi connectivity index (χ0n) is 23.0. The number of amides is 1. The number of likely N-dealkylation sites (tertiary alicyclic amines) is 1. The maximum absolute atomic E-state index is 12.6. The summed E-state index contributed by atoms with van der Waals surface area (Å²) < 4.78 is 16.5. The highest BCUT2D eigenvalue weighted by Gasteiger charge is 2.40. The second-order valence-corrected chi connectivity index (χ2v) is 9.80. The summed E-state index contributed by atoms with van der Waals surface area (Å²) in [7, 11) is 0. The van der Waals surface area contributed by atoms with Gasteiger partial charge in [0, 0.05) is 18.7 Å². The molecule has 0 aliphatic carbocycles. The van der Waals surface area contributed by atoms with E-state index in [1.807, 2.05) is 60.7 Å². The number of nitrogens with zero attached hydrogens (tertiary/aromatic N) is 4. The minimum Gasteiger partial charge on any atom is -0.485 e. The number of para-hydroxylation sites is 1. The van der Waals surface area contributed by atoms with E-state index in [1.54, 1.807) is 24.3 Å². The molecule has 2 heterocycles. The van der Waals surface area contributed by atoms with Gasteiger partial charge in [-0.1, -0.05) is 58.8 Å². The van der Waals surface area contributed by atoms with E-state index < -0.39 is 18.0 Å². The third-order valence-electron chi connectivity index (χ3n) is 6.51. The number of aromatic nitrogens is 2. The number of aliphatic carboxylic acids is 1. The van der Waals surface area contributed by atoms with Gasteiger partial charge in [0.05, 0.1) is 11.8 Å². The Morgan fingerprint density at radius 3 is 2.28 bits per heavy atom. The molecule has 12 nitrogen and oxygen atoms in total. The topological polar surface area (TPSA) is 174 Å². The van der Waals surface area contributed by atoms with Crippen molar-refractivity contribution < 1.29 is 33.9 Å². The van der Waals surface area contributed by atoms with Crippen molar-refractivity contribution in [2.75, 3.05) is 19.0 Å². The van der Waals surface area contributed by atoms with Crippen LogP contribution in [-0.4, -0.2) is 62.2 Å². The summed E-state index contributed by atoms with van der Waals surface area (Å²) >= 11 is 5.04. The fraction of sp³-hybridized carbons (Fsp3) is 0.233. The van der Waals surface area contributed by atoms with Crippen LogP contribution in [0.4, 0.5) is 4.79 Å². The fourth-order valence-corrected chi connectivity index (χ4v) is 4.42.